The number of anilines is 1. The number of aromatic nitrogens is 1. The van der Waals surface area contributed by atoms with E-state index in [0.717, 1.165) is 11.5 Å². The van der Waals surface area contributed by atoms with E-state index in [2.05, 4.69) is 29.9 Å². The van der Waals surface area contributed by atoms with E-state index in [1.807, 2.05) is 12.4 Å². The van der Waals surface area contributed by atoms with Gasteiger partial charge < -0.3 is 10.6 Å². The third-order valence-electron chi connectivity index (χ3n) is 3.39. The summed E-state index contributed by atoms with van der Waals surface area (Å²) in [6.07, 6.45) is 6.44. The number of pyridine rings is 1. The van der Waals surface area contributed by atoms with E-state index >= 15 is 0 Å². The molecule has 2 N–H and O–H groups in total. The van der Waals surface area contributed by atoms with E-state index in [1.54, 1.807) is 0 Å². The molecule has 1 saturated carbocycles. The Kier molecular flexibility index (Phi) is 2.91. The molecule has 2 rings (SSSR count). The second-order valence-corrected chi connectivity index (χ2v) is 4.40. The van der Waals surface area contributed by atoms with Gasteiger partial charge in [0.15, 0.2) is 0 Å². The van der Waals surface area contributed by atoms with E-state index in [4.69, 9.17) is 5.73 Å². The summed E-state index contributed by atoms with van der Waals surface area (Å²) in [5.41, 5.74) is 8.07. The van der Waals surface area contributed by atoms with E-state index in [9.17, 15) is 0 Å². The molecule has 0 amide bonds. The van der Waals surface area contributed by atoms with Crippen molar-refractivity contribution in [3.05, 3.63) is 24.0 Å². The van der Waals surface area contributed by atoms with E-state index in [0.29, 0.717) is 12.6 Å². The normalized spacial score (nSPS) is 17.5. The zero-order chi connectivity index (χ0) is 10.8. The van der Waals surface area contributed by atoms with Gasteiger partial charge in [-0.3, -0.25) is 4.98 Å². The fraction of sp³-hybridized carbons (Fsp3) is 0.583. The van der Waals surface area contributed by atoms with Crippen LogP contribution in [0.15, 0.2) is 18.5 Å². The fourth-order valence-electron chi connectivity index (χ4n) is 2.04. The second kappa shape index (κ2) is 4.19. The fourth-order valence-corrected chi connectivity index (χ4v) is 2.04. The van der Waals surface area contributed by atoms with Gasteiger partial charge in [-0.2, -0.15) is 0 Å². The molecule has 1 aromatic rings. The van der Waals surface area contributed by atoms with Crippen LogP contribution in [0.5, 0.6) is 0 Å². The maximum atomic E-state index is 5.71. The molecule has 1 aromatic heterocycles. The van der Waals surface area contributed by atoms with Crippen molar-refractivity contribution in [1.29, 1.82) is 0 Å². The lowest BCUT2D eigenvalue weighted by Crippen LogP contribution is -2.31. The van der Waals surface area contributed by atoms with Crippen molar-refractivity contribution in [1.82, 2.24) is 4.98 Å². The molecule has 0 radical (unpaired) electrons. The summed E-state index contributed by atoms with van der Waals surface area (Å²) >= 11 is 0. The first-order valence-electron chi connectivity index (χ1n) is 5.60. The van der Waals surface area contributed by atoms with E-state index in [-0.39, 0.29) is 0 Å². The minimum atomic E-state index is 0.560. The molecule has 0 bridgehead atoms. The van der Waals surface area contributed by atoms with Gasteiger partial charge in [0, 0.05) is 43.3 Å². The van der Waals surface area contributed by atoms with Crippen molar-refractivity contribution < 1.29 is 0 Å². The van der Waals surface area contributed by atoms with Crippen LogP contribution in [0.1, 0.15) is 25.3 Å². The number of hydrogen-bond donors (Lipinski definition) is 1. The molecule has 1 fully saturated rings. The summed E-state index contributed by atoms with van der Waals surface area (Å²) < 4.78 is 0. The molecule has 15 heavy (non-hydrogen) atoms. The topological polar surface area (TPSA) is 42.2 Å². The maximum absolute atomic E-state index is 5.71. The number of rotatable bonds is 4. The van der Waals surface area contributed by atoms with Crippen LogP contribution in [0.25, 0.3) is 0 Å². The van der Waals surface area contributed by atoms with Crippen molar-refractivity contribution in [2.75, 3.05) is 11.9 Å². The van der Waals surface area contributed by atoms with Gasteiger partial charge in [-0.05, 0) is 31.7 Å². The van der Waals surface area contributed by atoms with E-state index < -0.39 is 0 Å². The van der Waals surface area contributed by atoms with E-state index in [1.165, 1.54) is 18.5 Å². The van der Waals surface area contributed by atoms with Gasteiger partial charge in [0.25, 0.3) is 0 Å². The first-order chi connectivity index (χ1) is 7.24. The third-order valence-corrected chi connectivity index (χ3v) is 3.39. The molecule has 1 atom stereocenters. The lowest BCUT2D eigenvalue weighted by atomic mass is 10.1. The van der Waals surface area contributed by atoms with Gasteiger partial charge in [-0.1, -0.05) is 0 Å². The van der Waals surface area contributed by atoms with Crippen LogP contribution < -0.4 is 10.6 Å². The van der Waals surface area contributed by atoms with Gasteiger partial charge >= 0.3 is 0 Å². The average molecular weight is 205 g/mol. The first-order valence-corrected chi connectivity index (χ1v) is 5.60. The Balaban J connectivity index is 2.19. The molecule has 1 aliphatic carbocycles. The van der Waals surface area contributed by atoms with Crippen LogP contribution in [0, 0.1) is 5.92 Å². The quantitative estimate of drug-likeness (QED) is 0.814. The lowest BCUT2D eigenvalue weighted by Gasteiger charge is -2.28. The predicted molar refractivity (Wildman–Crippen MR) is 62.7 cm³/mol. The zero-order valence-corrected chi connectivity index (χ0v) is 9.48. The Morgan fingerprint density at radius 1 is 1.60 bits per heavy atom. The Morgan fingerprint density at radius 2 is 2.33 bits per heavy atom. The molecule has 3 nitrogen and oxygen atoms in total. The summed E-state index contributed by atoms with van der Waals surface area (Å²) in [5, 5.41) is 0. The van der Waals surface area contributed by atoms with Gasteiger partial charge in [-0.15, -0.1) is 0 Å². The van der Waals surface area contributed by atoms with Crippen LogP contribution in [0.2, 0.25) is 0 Å². The molecular formula is C12H19N3. The lowest BCUT2D eigenvalue weighted by molar-refractivity contribution is 0.607. The van der Waals surface area contributed by atoms with Crippen LogP contribution in [0.3, 0.4) is 0 Å². The minimum absolute atomic E-state index is 0.560. The highest BCUT2D eigenvalue weighted by Crippen LogP contribution is 2.36. The van der Waals surface area contributed by atoms with Crippen molar-refractivity contribution in [2.45, 2.75) is 32.4 Å². The van der Waals surface area contributed by atoms with Gasteiger partial charge in [0.05, 0.1) is 0 Å². The molecule has 82 valence electrons. The molecule has 0 saturated heterocycles. The molecule has 3 heteroatoms. The van der Waals surface area contributed by atoms with Crippen LogP contribution in [-0.4, -0.2) is 18.1 Å². The molecule has 0 spiro atoms. The summed E-state index contributed by atoms with van der Waals surface area (Å²) in [6, 6.07) is 2.67. The smallest absolute Gasteiger partial charge is 0.0442 e. The predicted octanol–water partition coefficient (Wildman–Crippen LogP) is 1.77. The summed E-state index contributed by atoms with van der Waals surface area (Å²) in [5.74, 6) is 0.869. The highest BCUT2D eigenvalue weighted by atomic mass is 15.1. The largest absolute Gasteiger partial charge is 0.371 e. The van der Waals surface area contributed by atoms with Gasteiger partial charge in [0.2, 0.25) is 0 Å². The molecular weight excluding hydrogens is 186 g/mol. The standard InChI is InChI=1S/C12H19N3/c1-9(10-3-4-10)15(2)12-5-6-14-8-11(12)7-13/h5-6,8-10H,3-4,7,13H2,1-2H3. The molecule has 1 heterocycles. The minimum Gasteiger partial charge on any atom is -0.371 e. The van der Waals surface area contributed by atoms with Crippen molar-refractivity contribution >= 4 is 5.69 Å². The molecule has 1 aliphatic rings. The van der Waals surface area contributed by atoms with Crippen molar-refractivity contribution in [3.8, 4) is 0 Å². The van der Waals surface area contributed by atoms with Crippen LogP contribution in [0.4, 0.5) is 5.69 Å². The monoisotopic (exact) mass is 205 g/mol. The Labute approximate surface area is 91.3 Å². The SMILES string of the molecule is CC(C1CC1)N(C)c1ccncc1CN. The summed E-state index contributed by atoms with van der Waals surface area (Å²) in [6.45, 7) is 2.85. The highest BCUT2D eigenvalue weighted by molar-refractivity contribution is 5.52. The Hall–Kier alpha value is -1.09. The van der Waals surface area contributed by atoms with Crippen LogP contribution >= 0.6 is 0 Å². The maximum Gasteiger partial charge on any atom is 0.0442 e. The molecule has 0 aromatic carbocycles. The number of hydrogen-bond acceptors (Lipinski definition) is 3. The summed E-state index contributed by atoms with van der Waals surface area (Å²) in [7, 11) is 2.15. The second-order valence-electron chi connectivity index (χ2n) is 4.40. The summed E-state index contributed by atoms with van der Waals surface area (Å²) in [4.78, 5) is 6.45. The molecule has 0 aliphatic heterocycles. The van der Waals surface area contributed by atoms with Gasteiger partial charge in [0.1, 0.15) is 0 Å². The molecule has 1 unspecified atom stereocenters. The third kappa shape index (κ3) is 2.12. The number of nitrogens with zero attached hydrogens (tertiary/aromatic N) is 2. The highest BCUT2D eigenvalue weighted by Gasteiger charge is 2.31. The average Bonchev–Trinajstić information content (AvgIpc) is 3.11. The van der Waals surface area contributed by atoms with Crippen LogP contribution in [-0.2, 0) is 6.54 Å². The Morgan fingerprint density at radius 3 is 2.93 bits per heavy atom. The Bertz CT molecular complexity index is 333. The van der Waals surface area contributed by atoms with Crippen molar-refractivity contribution in [3.63, 3.8) is 0 Å². The first kappa shape index (κ1) is 10.4. The van der Waals surface area contributed by atoms with Gasteiger partial charge in [-0.25, -0.2) is 0 Å². The zero-order valence-electron chi connectivity index (χ0n) is 9.48. The number of nitrogens with two attached hydrogens (primary N) is 1. The van der Waals surface area contributed by atoms with Crippen molar-refractivity contribution in [2.24, 2.45) is 11.7 Å².